The molecule has 3 nitrogen and oxygen atoms in total. The molecule has 148 valence electrons. The Kier molecular flexibility index (Phi) is 9.35. The van der Waals surface area contributed by atoms with Crippen LogP contribution in [0.25, 0.3) is 0 Å². The van der Waals surface area contributed by atoms with Crippen LogP contribution in [0.1, 0.15) is 78.2 Å². The number of rotatable bonds is 12. The van der Waals surface area contributed by atoms with Crippen LogP contribution in [-0.4, -0.2) is 32.1 Å². The van der Waals surface area contributed by atoms with Crippen LogP contribution in [-0.2, 0) is 10.2 Å². The van der Waals surface area contributed by atoms with E-state index in [1.54, 1.807) is 0 Å². The van der Waals surface area contributed by atoms with E-state index in [0.29, 0.717) is 6.42 Å². The Morgan fingerprint density at radius 3 is 2.00 bits per heavy atom. The fourth-order valence-corrected chi connectivity index (χ4v) is 4.17. The number of benzene rings is 1. The van der Waals surface area contributed by atoms with Crippen molar-refractivity contribution < 1.29 is 9.69 Å². The van der Waals surface area contributed by atoms with Gasteiger partial charge in [-0.15, -0.1) is 0 Å². The molecule has 26 heavy (non-hydrogen) atoms. The van der Waals surface area contributed by atoms with Crippen molar-refractivity contribution >= 4 is 5.91 Å². The summed E-state index contributed by atoms with van der Waals surface area (Å²) in [7, 11) is 4.26. The molecule has 0 radical (unpaired) electrons. The summed E-state index contributed by atoms with van der Waals surface area (Å²) in [4.78, 5) is 14.4. The number of quaternary nitrogens is 1. The van der Waals surface area contributed by atoms with Crippen LogP contribution in [0.5, 0.6) is 0 Å². The zero-order chi connectivity index (χ0) is 19.6. The molecule has 1 rings (SSSR count). The Labute approximate surface area is 161 Å². The minimum atomic E-state index is -0.187. The van der Waals surface area contributed by atoms with Crippen LogP contribution in [0.4, 0.5) is 0 Å². The van der Waals surface area contributed by atoms with Gasteiger partial charge in [0.2, 0.25) is 5.91 Å². The quantitative estimate of drug-likeness (QED) is 0.584. The van der Waals surface area contributed by atoms with E-state index in [-0.39, 0.29) is 16.9 Å². The zero-order valence-corrected chi connectivity index (χ0v) is 18.0. The number of nitrogens with one attached hydrogen (secondary N) is 2. The van der Waals surface area contributed by atoms with Crippen LogP contribution in [0.2, 0.25) is 0 Å². The largest absolute Gasteiger partial charge is 0.346 e. The van der Waals surface area contributed by atoms with Crippen LogP contribution in [0.15, 0.2) is 30.3 Å². The highest BCUT2D eigenvalue weighted by Crippen LogP contribution is 2.38. The Bertz CT molecular complexity index is 514. The molecule has 1 aromatic rings. The lowest BCUT2D eigenvalue weighted by molar-refractivity contribution is -0.862. The summed E-state index contributed by atoms with van der Waals surface area (Å²) in [5.74, 6) is 0.187. The Morgan fingerprint density at radius 1 is 1.00 bits per heavy atom. The van der Waals surface area contributed by atoms with Crippen molar-refractivity contribution in [1.29, 1.82) is 0 Å². The van der Waals surface area contributed by atoms with Crippen LogP contribution < -0.4 is 10.2 Å². The summed E-state index contributed by atoms with van der Waals surface area (Å²) in [6.45, 7) is 9.64. The molecule has 0 aromatic heterocycles. The van der Waals surface area contributed by atoms with Crippen molar-refractivity contribution in [2.75, 3.05) is 20.6 Å². The SMILES string of the molecule is CCCCC(CCCC)(CC(=O)NC(C)(C)C[NH+](C)C)c1ccccc1. The van der Waals surface area contributed by atoms with Gasteiger partial charge in [0, 0.05) is 11.8 Å². The first-order valence-electron chi connectivity index (χ1n) is 10.4. The maximum Gasteiger partial charge on any atom is 0.221 e. The summed E-state index contributed by atoms with van der Waals surface area (Å²) in [6.07, 6.45) is 7.41. The lowest BCUT2D eigenvalue weighted by atomic mass is 9.70. The van der Waals surface area contributed by atoms with Gasteiger partial charge in [-0.2, -0.15) is 0 Å². The molecule has 3 heteroatoms. The zero-order valence-electron chi connectivity index (χ0n) is 18.0. The molecule has 2 N–H and O–H groups in total. The molecule has 0 aliphatic rings. The molecule has 0 unspecified atom stereocenters. The third-order valence-electron chi connectivity index (χ3n) is 5.18. The van der Waals surface area contributed by atoms with E-state index in [2.05, 4.69) is 77.4 Å². The summed E-state index contributed by atoms with van der Waals surface area (Å²) in [5, 5.41) is 3.31. The van der Waals surface area contributed by atoms with E-state index in [4.69, 9.17) is 0 Å². The minimum absolute atomic E-state index is 0.0432. The molecule has 1 aromatic carbocycles. The summed E-state index contributed by atoms with van der Waals surface area (Å²) in [6, 6.07) is 10.7. The molecule has 0 aliphatic carbocycles. The van der Waals surface area contributed by atoms with E-state index >= 15 is 0 Å². The van der Waals surface area contributed by atoms with Crippen molar-refractivity contribution in [3.63, 3.8) is 0 Å². The number of carbonyl (C=O) groups excluding carboxylic acids is 1. The van der Waals surface area contributed by atoms with Gasteiger partial charge in [0.25, 0.3) is 0 Å². The molecule has 0 atom stereocenters. The minimum Gasteiger partial charge on any atom is -0.346 e. The third-order valence-corrected chi connectivity index (χ3v) is 5.18. The van der Waals surface area contributed by atoms with Crippen molar-refractivity contribution in [1.82, 2.24) is 5.32 Å². The monoisotopic (exact) mass is 361 g/mol. The fourth-order valence-electron chi connectivity index (χ4n) is 4.17. The molecule has 0 bridgehead atoms. The highest BCUT2D eigenvalue weighted by Gasteiger charge is 2.35. The van der Waals surface area contributed by atoms with Gasteiger partial charge in [0.15, 0.2) is 0 Å². The third kappa shape index (κ3) is 7.49. The van der Waals surface area contributed by atoms with Gasteiger partial charge in [0.1, 0.15) is 0 Å². The average molecular weight is 362 g/mol. The van der Waals surface area contributed by atoms with Crippen molar-refractivity contribution in [3.8, 4) is 0 Å². The van der Waals surface area contributed by atoms with E-state index in [9.17, 15) is 4.79 Å². The molecular formula is C23H41N2O+. The maximum absolute atomic E-state index is 13.0. The first-order valence-corrected chi connectivity index (χ1v) is 10.4. The van der Waals surface area contributed by atoms with Gasteiger partial charge in [-0.3, -0.25) is 4.79 Å². The van der Waals surface area contributed by atoms with Gasteiger partial charge in [-0.25, -0.2) is 0 Å². The lowest BCUT2D eigenvalue weighted by Gasteiger charge is -2.36. The standard InChI is InChI=1S/C23H40N2O/c1-7-9-16-23(17-10-8-2,20-14-12-11-13-15-20)18-21(26)24-22(3,4)19-25(5)6/h11-15H,7-10,16-19H2,1-6H3,(H,24,26)/p+1. The first-order chi connectivity index (χ1) is 12.2. The van der Waals surface area contributed by atoms with Crippen molar-refractivity contribution in [2.45, 2.75) is 83.6 Å². The highest BCUT2D eigenvalue weighted by molar-refractivity contribution is 5.78. The van der Waals surface area contributed by atoms with Crippen LogP contribution in [0, 0.1) is 0 Å². The molecule has 0 fully saturated rings. The second kappa shape index (κ2) is 10.7. The summed E-state index contributed by atoms with van der Waals surface area (Å²) in [5.41, 5.74) is 1.10. The Hall–Kier alpha value is -1.35. The number of unbranched alkanes of at least 4 members (excludes halogenated alkanes) is 2. The maximum atomic E-state index is 13.0. The Balaban J connectivity index is 3.04. The lowest BCUT2D eigenvalue weighted by Crippen LogP contribution is -3.08. The molecule has 0 saturated carbocycles. The molecule has 0 saturated heterocycles. The predicted molar refractivity (Wildman–Crippen MR) is 112 cm³/mol. The topological polar surface area (TPSA) is 33.5 Å². The highest BCUT2D eigenvalue weighted by atomic mass is 16.1. The summed E-state index contributed by atoms with van der Waals surface area (Å²) >= 11 is 0. The van der Waals surface area contributed by atoms with Gasteiger partial charge < -0.3 is 10.2 Å². The van der Waals surface area contributed by atoms with Gasteiger partial charge >= 0.3 is 0 Å². The number of likely N-dealkylation sites (N-methyl/N-ethyl adjacent to an activating group) is 1. The van der Waals surface area contributed by atoms with E-state index in [0.717, 1.165) is 45.1 Å². The average Bonchev–Trinajstić information content (AvgIpc) is 2.56. The second-order valence-corrected chi connectivity index (χ2v) is 8.85. The predicted octanol–water partition coefficient (Wildman–Crippen LogP) is 3.73. The van der Waals surface area contributed by atoms with E-state index < -0.39 is 0 Å². The normalized spacial score (nSPS) is 12.4. The smallest absolute Gasteiger partial charge is 0.221 e. The fraction of sp³-hybridized carbons (Fsp3) is 0.696. The first kappa shape index (κ1) is 22.7. The van der Waals surface area contributed by atoms with Crippen LogP contribution >= 0.6 is 0 Å². The summed E-state index contributed by atoms with van der Waals surface area (Å²) < 4.78 is 0. The number of carbonyl (C=O) groups is 1. The van der Waals surface area contributed by atoms with E-state index in [1.165, 1.54) is 10.5 Å². The Morgan fingerprint density at radius 2 is 1.54 bits per heavy atom. The van der Waals surface area contributed by atoms with Gasteiger partial charge in [-0.05, 0) is 32.3 Å². The molecular weight excluding hydrogens is 320 g/mol. The number of hydrogen-bond donors (Lipinski definition) is 2. The van der Waals surface area contributed by atoms with E-state index in [1.807, 2.05) is 0 Å². The van der Waals surface area contributed by atoms with Crippen molar-refractivity contribution in [2.24, 2.45) is 0 Å². The molecule has 0 aliphatic heterocycles. The molecule has 1 amide bonds. The molecule has 0 spiro atoms. The number of amides is 1. The van der Waals surface area contributed by atoms with Crippen molar-refractivity contribution in [3.05, 3.63) is 35.9 Å². The van der Waals surface area contributed by atoms with Crippen LogP contribution in [0.3, 0.4) is 0 Å². The molecule has 0 heterocycles. The van der Waals surface area contributed by atoms with Gasteiger partial charge in [-0.1, -0.05) is 69.9 Å². The van der Waals surface area contributed by atoms with Gasteiger partial charge in [0.05, 0.1) is 26.2 Å². The second-order valence-electron chi connectivity index (χ2n) is 8.85. The number of hydrogen-bond acceptors (Lipinski definition) is 1.